The highest BCUT2D eigenvalue weighted by molar-refractivity contribution is 9.10. The Labute approximate surface area is 165 Å². The number of hydrogen-bond donors (Lipinski definition) is 1. The van der Waals surface area contributed by atoms with Crippen molar-refractivity contribution in [3.63, 3.8) is 0 Å². The maximum atomic E-state index is 13.9. The number of carbonyl (C=O) groups excluding carboxylic acids is 1. The van der Waals surface area contributed by atoms with Crippen molar-refractivity contribution in [3.05, 3.63) is 63.4 Å². The third-order valence-corrected chi connectivity index (χ3v) is 5.30. The summed E-state index contributed by atoms with van der Waals surface area (Å²) < 4.78 is 18.3. The van der Waals surface area contributed by atoms with Crippen molar-refractivity contribution >= 4 is 27.5 Å². The highest BCUT2D eigenvalue weighted by Gasteiger charge is 2.16. The lowest BCUT2D eigenvalue weighted by molar-refractivity contribution is -0.116. The Balaban J connectivity index is 1.68. The van der Waals surface area contributed by atoms with E-state index in [1.807, 2.05) is 20.8 Å². The lowest BCUT2D eigenvalue weighted by Gasteiger charge is -2.08. The molecule has 6 nitrogen and oxygen atoms in total. The van der Waals surface area contributed by atoms with Gasteiger partial charge in [0.25, 0.3) is 0 Å². The zero-order valence-electron chi connectivity index (χ0n) is 15.5. The fourth-order valence-electron chi connectivity index (χ4n) is 2.88. The summed E-state index contributed by atoms with van der Waals surface area (Å²) in [5, 5.41) is 11.6. The van der Waals surface area contributed by atoms with E-state index in [0.717, 1.165) is 15.9 Å². The number of benzene rings is 1. The molecule has 142 valence electrons. The second kappa shape index (κ2) is 8.04. The molecule has 3 rings (SSSR count). The van der Waals surface area contributed by atoms with Crippen LogP contribution in [-0.2, 0) is 17.9 Å². The Kier molecular flexibility index (Phi) is 5.74. The van der Waals surface area contributed by atoms with Crippen molar-refractivity contribution in [3.8, 4) is 0 Å². The zero-order chi connectivity index (χ0) is 19.6. The van der Waals surface area contributed by atoms with Gasteiger partial charge < -0.3 is 5.32 Å². The number of aryl methyl sites for hydroxylation is 2. The first-order chi connectivity index (χ1) is 12.9. The number of hydrogen-bond acceptors (Lipinski definition) is 3. The number of rotatable bonds is 6. The molecule has 3 aromatic rings. The molecular formula is C19H21BrFN5O. The monoisotopic (exact) mass is 433 g/mol. The van der Waals surface area contributed by atoms with Gasteiger partial charge in [0, 0.05) is 17.7 Å². The fourth-order valence-corrected chi connectivity index (χ4v) is 3.17. The van der Waals surface area contributed by atoms with Crippen LogP contribution in [0.4, 0.5) is 10.1 Å². The molecular weight excluding hydrogens is 413 g/mol. The van der Waals surface area contributed by atoms with Crippen LogP contribution in [0.15, 0.2) is 34.9 Å². The summed E-state index contributed by atoms with van der Waals surface area (Å²) in [6.07, 6.45) is 2.01. The number of carbonyl (C=O) groups is 1. The van der Waals surface area contributed by atoms with Gasteiger partial charge in [0.15, 0.2) is 0 Å². The smallest absolute Gasteiger partial charge is 0.226 e. The van der Waals surface area contributed by atoms with Crippen LogP contribution in [0.5, 0.6) is 0 Å². The van der Waals surface area contributed by atoms with E-state index < -0.39 is 0 Å². The van der Waals surface area contributed by atoms with E-state index in [2.05, 4.69) is 31.4 Å². The van der Waals surface area contributed by atoms with Gasteiger partial charge >= 0.3 is 0 Å². The molecule has 0 saturated heterocycles. The summed E-state index contributed by atoms with van der Waals surface area (Å²) in [5.74, 6) is -0.381. The first kappa shape index (κ1) is 19.3. The predicted molar refractivity (Wildman–Crippen MR) is 105 cm³/mol. The van der Waals surface area contributed by atoms with E-state index in [0.29, 0.717) is 36.5 Å². The van der Waals surface area contributed by atoms with E-state index in [1.54, 1.807) is 33.8 Å². The normalized spacial score (nSPS) is 11.0. The molecule has 0 radical (unpaired) electrons. The SMILES string of the molecule is Cc1nn(Cc2ccccc2F)c(C)c1NC(=O)CCn1ncc(Br)c1C. The largest absolute Gasteiger partial charge is 0.323 e. The third-order valence-electron chi connectivity index (χ3n) is 4.52. The second-order valence-corrected chi connectivity index (χ2v) is 7.25. The summed E-state index contributed by atoms with van der Waals surface area (Å²) in [4.78, 5) is 12.4. The maximum absolute atomic E-state index is 13.9. The molecule has 0 fully saturated rings. The van der Waals surface area contributed by atoms with Gasteiger partial charge in [-0.15, -0.1) is 0 Å². The van der Waals surface area contributed by atoms with Crippen LogP contribution in [0.2, 0.25) is 0 Å². The van der Waals surface area contributed by atoms with Crippen molar-refractivity contribution in [1.29, 1.82) is 0 Å². The highest BCUT2D eigenvalue weighted by atomic mass is 79.9. The first-order valence-electron chi connectivity index (χ1n) is 8.62. The Hall–Kier alpha value is -2.48. The van der Waals surface area contributed by atoms with Crippen molar-refractivity contribution < 1.29 is 9.18 Å². The van der Waals surface area contributed by atoms with Crippen LogP contribution in [0.3, 0.4) is 0 Å². The van der Waals surface area contributed by atoms with Crippen LogP contribution >= 0.6 is 15.9 Å². The molecule has 2 aromatic heterocycles. The average molecular weight is 434 g/mol. The molecule has 1 amide bonds. The number of amides is 1. The number of anilines is 1. The topological polar surface area (TPSA) is 64.7 Å². The summed E-state index contributed by atoms with van der Waals surface area (Å²) in [6.45, 7) is 6.44. The molecule has 0 atom stereocenters. The van der Waals surface area contributed by atoms with Crippen molar-refractivity contribution in [1.82, 2.24) is 19.6 Å². The van der Waals surface area contributed by atoms with E-state index in [1.165, 1.54) is 6.07 Å². The average Bonchev–Trinajstić information content (AvgIpc) is 3.09. The number of nitrogens with one attached hydrogen (secondary N) is 1. The highest BCUT2D eigenvalue weighted by Crippen LogP contribution is 2.21. The van der Waals surface area contributed by atoms with E-state index in [4.69, 9.17) is 0 Å². The summed E-state index contributed by atoms with van der Waals surface area (Å²) in [6, 6.07) is 6.61. The van der Waals surface area contributed by atoms with Gasteiger partial charge in [-0.25, -0.2) is 4.39 Å². The molecule has 0 aliphatic heterocycles. The molecule has 1 aromatic carbocycles. The number of aromatic nitrogens is 4. The van der Waals surface area contributed by atoms with Gasteiger partial charge in [0.1, 0.15) is 5.82 Å². The van der Waals surface area contributed by atoms with Crippen molar-refractivity contribution in [2.75, 3.05) is 5.32 Å². The Morgan fingerprint density at radius 2 is 1.93 bits per heavy atom. The minimum atomic E-state index is -0.267. The molecule has 0 saturated carbocycles. The van der Waals surface area contributed by atoms with E-state index in [9.17, 15) is 9.18 Å². The maximum Gasteiger partial charge on any atom is 0.226 e. The quantitative estimate of drug-likeness (QED) is 0.639. The molecule has 27 heavy (non-hydrogen) atoms. The van der Waals surface area contributed by atoms with Gasteiger partial charge in [-0.2, -0.15) is 10.2 Å². The van der Waals surface area contributed by atoms with Crippen LogP contribution in [0.1, 0.15) is 29.1 Å². The third kappa shape index (κ3) is 4.27. The Bertz CT molecular complexity index is 979. The molecule has 2 heterocycles. The minimum Gasteiger partial charge on any atom is -0.323 e. The van der Waals surface area contributed by atoms with Crippen LogP contribution in [-0.4, -0.2) is 25.5 Å². The first-order valence-corrected chi connectivity index (χ1v) is 9.41. The zero-order valence-corrected chi connectivity index (χ0v) is 17.0. The van der Waals surface area contributed by atoms with Crippen LogP contribution in [0, 0.1) is 26.6 Å². The Morgan fingerprint density at radius 1 is 1.19 bits per heavy atom. The van der Waals surface area contributed by atoms with Gasteiger partial charge in [-0.05, 0) is 42.8 Å². The molecule has 8 heteroatoms. The summed E-state index contributed by atoms with van der Waals surface area (Å²) >= 11 is 3.41. The fraction of sp³-hybridized carbons (Fsp3) is 0.316. The van der Waals surface area contributed by atoms with Gasteiger partial charge in [0.05, 0.1) is 40.8 Å². The molecule has 0 bridgehead atoms. The van der Waals surface area contributed by atoms with Crippen molar-refractivity contribution in [2.45, 2.75) is 40.3 Å². The van der Waals surface area contributed by atoms with Crippen LogP contribution in [0.25, 0.3) is 0 Å². The summed E-state index contributed by atoms with van der Waals surface area (Å²) in [7, 11) is 0. The van der Waals surface area contributed by atoms with E-state index >= 15 is 0 Å². The minimum absolute atomic E-state index is 0.113. The van der Waals surface area contributed by atoms with Gasteiger partial charge in [0.2, 0.25) is 5.91 Å². The van der Waals surface area contributed by atoms with Crippen molar-refractivity contribution in [2.24, 2.45) is 0 Å². The second-order valence-electron chi connectivity index (χ2n) is 6.39. The molecule has 1 N–H and O–H groups in total. The van der Waals surface area contributed by atoms with Gasteiger partial charge in [-0.3, -0.25) is 14.2 Å². The number of nitrogens with zero attached hydrogens (tertiary/aromatic N) is 4. The summed E-state index contributed by atoms with van der Waals surface area (Å²) in [5.41, 5.74) is 3.71. The molecule has 0 aliphatic rings. The molecule has 0 aliphatic carbocycles. The predicted octanol–water partition coefficient (Wildman–Crippen LogP) is 3.98. The standard InChI is InChI=1S/C19H21BrFN5O/c1-12-19(23-18(27)8-9-25-13(2)16(20)10-22-25)14(3)26(24-12)11-15-6-4-5-7-17(15)21/h4-7,10H,8-9,11H2,1-3H3,(H,23,27). The van der Waals surface area contributed by atoms with Crippen LogP contribution < -0.4 is 5.32 Å². The lowest BCUT2D eigenvalue weighted by Crippen LogP contribution is -2.16. The molecule has 0 spiro atoms. The van der Waals surface area contributed by atoms with E-state index in [-0.39, 0.29) is 11.7 Å². The lowest BCUT2D eigenvalue weighted by atomic mass is 10.2. The Morgan fingerprint density at radius 3 is 2.59 bits per heavy atom. The van der Waals surface area contributed by atoms with Gasteiger partial charge in [-0.1, -0.05) is 18.2 Å². The molecule has 0 unspecified atom stereocenters. The number of halogens is 2.